The highest BCUT2D eigenvalue weighted by Gasteiger charge is 2.28. The summed E-state index contributed by atoms with van der Waals surface area (Å²) in [5, 5.41) is 2.11. The van der Waals surface area contributed by atoms with Crippen molar-refractivity contribution >= 4 is 28.5 Å². The zero-order valence-corrected chi connectivity index (χ0v) is 11.2. The van der Waals surface area contributed by atoms with Gasteiger partial charge in [-0.3, -0.25) is 14.1 Å². The highest BCUT2D eigenvalue weighted by molar-refractivity contribution is 7.85. The Morgan fingerprint density at radius 3 is 2.42 bits per heavy atom. The lowest BCUT2D eigenvalue weighted by atomic mass is 10.2. The Labute approximate surface area is 110 Å². The number of amides is 1. The molecule has 0 radical (unpaired) electrons. The van der Waals surface area contributed by atoms with Crippen LogP contribution in [0.5, 0.6) is 0 Å². The van der Waals surface area contributed by atoms with Gasteiger partial charge in [-0.05, 0) is 6.92 Å². The first kappa shape index (κ1) is 17.3. The summed E-state index contributed by atoms with van der Waals surface area (Å²) in [6.45, 7) is 1.32. The second-order valence-electron chi connectivity index (χ2n) is 3.52. The third-order valence-corrected chi connectivity index (χ3v) is 2.77. The summed E-state index contributed by atoms with van der Waals surface area (Å²) in [6.07, 6.45) is -1.38. The molecule has 0 aliphatic carbocycles. The minimum absolute atomic E-state index is 0.240. The van der Waals surface area contributed by atoms with Crippen molar-refractivity contribution in [1.82, 2.24) is 5.32 Å². The van der Waals surface area contributed by atoms with Gasteiger partial charge in [0.1, 0.15) is 6.10 Å². The number of ether oxygens (including phenoxy) is 2. The molecule has 0 spiro atoms. The Bertz CT molecular complexity index is 432. The maximum Gasteiger partial charge on any atom is 0.332 e. The summed E-state index contributed by atoms with van der Waals surface area (Å²) in [6, 6.07) is -1.20. The van der Waals surface area contributed by atoms with Crippen molar-refractivity contribution in [2.24, 2.45) is 0 Å². The Kier molecular flexibility index (Phi) is 7.01. The number of carbonyl (C=O) groups excluding carboxylic acids is 3. The van der Waals surface area contributed by atoms with Gasteiger partial charge in [0.15, 0.2) is 6.04 Å². The largest absolute Gasteiger partial charge is 0.467 e. The lowest BCUT2D eigenvalue weighted by molar-refractivity contribution is -0.156. The van der Waals surface area contributed by atoms with E-state index in [9.17, 15) is 22.8 Å². The number of methoxy groups -OCH3 is 1. The van der Waals surface area contributed by atoms with Gasteiger partial charge in [-0.25, -0.2) is 4.79 Å². The quantitative estimate of drug-likeness (QED) is 0.313. The summed E-state index contributed by atoms with van der Waals surface area (Å²) in [5.41, 5.74) is 0. The molecule has 0 aromatic heterocycles. The Hall–Kier alpha value is -1.68. The summed E-state index contributed by atoms with van der Waals surface area (Å²) < 4.78 is 38.4. The van der Waals surface area contributed by atoms with Gasteiger partial charge in [0.2, 0.25) is 6.41 Å². The molecule has 2 atom stereocenters. The van der Waals surface area contributed by atoms with E-state index < -0.39 is 46.4 Å². The van der Waals surface area contributed by atoms with Gasteiger partial charge in [-0.2, -0.15) is 8.42 Å². The molecule has 0 fully saturated rings. The van der Waals surface area contributed by atoms with Crippen LogP contribution in [0.25, 0.3) is 0 Å². The molecule has 0 heterocycles. The molecular formula is C9H15NO8S. The van der Waals surface area contributed by atoms with Crippen molar-refractivity contribution in [3.8, 4) is 0 Å². The van der Waals surface area contributed by atoms with E-state index in [1.807, 2.05) is 0 Å². The van der Waals surface area contributed by atoms with Crippen molar-refractivity contribution in [2.45, 2.75) is 25.5 Å². The third-order valence-electron chi connectivity index (χ3n) is 2.05. The Morgan fingerprint density at radius 2 is 2.00 bits per heavy atom. The fourth-order valence-electron chi connectivity index (χ4n) is 1.14. The zero-order valence-electron chi connectivity index (χ0n) is 10.4. The number of hydrogen-bond donors (Lipinski definition) is 2. The third kappa shape index (κ3) is 7.36. The van der Waals surface area contributed by atoms with Crippen molar-refractivity contribution in [3.63, 3.8) is 0 Å². The highest BCUT2D eigenvalue weighted by Crippen LogP contribution is 2.03. The van der Waals surface area contributed by atoms with Gasteiger partial charge in [0.25, 0.3) is 10.1 Å². The van der Waals surface area contributed by atoms with Gasteiger partial charge in [-0.1, -0.05) is 0 Å². The Morgan fingerprint density at radius 1 is 1.42 bits per heavy atom. The molecule has 0 aliphatic rings. The summed E-state index contributed by atoms with van der Waals surface area (Å²) >= 11 is 0. The first-order chi connectivity index (χ1) is 8.71. The predicted octanol–water partition coefficient (Wildman–Crippen LogP) is -1.52. The standard InChI is InChI=1S/C9H15NO8S/c1-6(8(10-5-11)9(13)17-2)18-7(12)3-4-19(14,15)16/h5-6,8H,3-4H2,1-2H3,(H,10,11)(H,14,15,16). The molecule has 19 heavy (non-hydrogen) atoms. The van der Waals surface area contributed by atoms with Crippen LogP contribution < -0.4 is 5.32 Å². The second kappa shape index (κ2) is 7.69. The molecule has 10 heteroatoms. The molecule has 2 N–H and O–H groups in total. The van der Waals surface area contributed by atoms with E-state index in [0.29, 0.717) is 0 Å². The van der Waals surface area contributed by atoms with E-state index in [0.717, 1.165) is 7.11 Å². The predicted molar refractivity (Wildman–Crippen MR) is 61.6 cm³/mol. The van der Waals surface area contributed by atoms with Crippen LogP contribution in [0.2, 0.25) is 0 Å². The van der Waals surface area contributed by atoms with E-state index in [1.165, 1.54) is 6.92 Å². The average Bonchev–Trinajstić information content (AvgIpc) is 2.31. The molecule has 110 valence electrons. The first-order valence-corrected chi connectivity index (χ1v) is 6.74. The molecule has 0 aliphatic heterocycles. The SMILES string of the molecule is COC(=O)C(NC=O)C(C)OC(=O)CCS(=O)(=O)O. The molecule has 0 saturated heterocycles. The molecule has 0 rings (SSSR count). The van der Waals surface area contributed by atoms with Crippen LogP contribution in [0.1, 0.15) is 13.3 Å². The van der Waals surface area contributed by atoms with Crippen LogP contribution in [-0.4, -0.2) is 56.3 Å². The normalized spacial score (nSPS) is 14.1. The van der Waals surface area contributed by atoms with Gasteiger partial charge in [-0.15, -0.1) is 0 Å². The van der Waals surface area contributed by atoms with Crippen molar-refractivity contribution in [2.75, 3.05) is 12.9 Å². The number of rotatable bonds is 8. The maximum atomic E-state index is 11.3. The van der Waals surface area contributed by atoms with Crippen LogP contribution in [0, 0.1) is 0 Å². The smallest absolute Gasteiger partial charge is 0.332 e. The zero-order chi connectivity index (χ0) is 15.1. The molecule has 0 bridgehead atoms. The van der Waals surface area contributed by atoms with Crippen molar-refractivity contribution < 1.29 is 36.8 Å². The van der Waals surface area contributed by atoms with Crippen LogP contribution >= 0.6 is 0 Å². The topological polar surface area (TPSA) is 136 Å². The highest BCUT2D eigenvalue weighted by atomic mass is 32.2. The first-order valence-electron chi connectivity index (χ1n) is 5.13. The molecule has 0 saturated carbocycles. The number of hydrogen-bond acceptors (Lipinski definition) is 7. The monoisotopic (exact) mass is 297 g/mol. The molecule has 2 unspecified atom stereocenters. The van der Waals surface area contributed by atoms with E-state index in [4.69, 9.17) is 9.29 Å². The second-order valence-corrected chi connectivity index (χ2v) is 5.09. The van der Waals surface area contributed by atoms with Gasteiger partial charge < -0.3 is 14.8 Å². The van der Waals surface area contributed by atoms with Gasteiger partial charge >= 0.3 is 11.9 Å². The number of esters is 2. The molecule has 0 aromatic rings. The van der Waals surface area contributed by atoms with Gasteiger partial charge in [0, 0.05) is 0 Å². The summed E-state index contributed by atoms with van der Waals surface area (Å²) in [7, 11) is -3.18. The van der Waals surface area contributed by atoms with E-state index >= 15 is 0 Å². The van der Waals surface area contributed by atoms with Crippen LogP contribution in [-0.2, 0) is 34.0 Å². The molecular weight excluding hydrogens is 282 g/mol. The lowest BCUT2D eigenvalue weighted by Crippen LogP contribution is -2.46. The van der Waals surface area contributed by atoms with Crippen molar-refractivity contribution in [1.29, 1.82) is 0 Å². The maximum absolute atomic E-state index is 11.3. The molecule has 0 aromatic carbocycles. The van der Waals surface area contributed by atoms with Gasteiger partial charge in [0.05, 0.1) is 19.3 Å². The summed E-state index contributed by atoms with van der Waals surface area (Å²) in [4.78, 5) is 32.8. The van der Waals surface area contributed by atoms with Crippen LogP contribution in [0.15, 0.2) is 0 Å². The molecule has 1 amide bonds. The van der Waals surface area contributed by atoms with E-state index in [-0.39, 0.29) is 6.41 Å². The minimum atomic E-state index is -4.27. The summed E-state index contributed by atoms with van der Waals surface area (Å²) in [5.74, 6) is -2.54. The van der Waals surface area contributed by atoms with Crippen molar-refractivity contribution in [3.05, 3.63) is 0 Å². The lowest BCUT2D eigenvalue weighted by Gasteiger charge is -2.21. The fourth-order valence-corrected chi connectivity index (χ4v) is 1.57. The fraction of sp³-hybridized carbons (Fsp3) is 0.667. The minimum Gasteiger partial charge on any atom is -0.467 e. The van der Waals surface area contributed by atoms with E-state index in [2.05, 4.69) is 10.1 Å². The van der Waals surface area contributed by atoms with Crippen LogP contribution in [0.3, 0.4) is 0 Å². The molecule has 9 nitrogen and oxygen atoms in total. The Balaban J connectivity index is 4.46. The number of carbonyl (C=O) groups is 3. The number of nitrogens with one attached hydrogen (secondary N) is 1. The van der Waals surface area contributed by atoms with Crippen LogP contribution in [0.4, 0.5) is 0 Å². The average molecular weight is 297 g/mol. The van der Waals surface area contributed by atoms with E-state index in [1.54, 1.807) is 0 Å².